The molecule has 2 N–H and O–H groups in total. The van der Waals surface area contributed by atoms with E-state index in [4.69, 9.17) is 4.74 Å². The summed E-state index contributed by atoms with van der Waals surface area (Å²) in [4.78, 5) is 23.1. The Kier molecular flexibility index (Phi) is 7.60. The van der Waals surface area contributed by atoms with E-state index in [-0.39, 0.29) is 13.0 Å². The van der Waals surface area contributed by atoms with Crippen LogP contribution in [0.5, 0.6) is 5.75 Å². The molecule has 2 fully saturated rings. The first-order chi connectivity index (χ1) is 17.9. The number of hydrogen-bond acceptors (Lipinski definition) is 6. The topological polar surface area (TPSA) is 87.6 Å². The Balaban J connectivity index is 1.17. The van der Waals surface area contributed by atoms with E-state index in [1.165, 1.54) is 0 Å². The van der Waals surface area contributed by atoms with Crippen LogP contribution in [-0.4, -0.2) is 58.6 Å². The third-order valence-electron chi connectivity index (χ3n) is 7.99. The Hall–Kier alpha value is -2.81. The number of alkyl halides is 2. The van der Waals surface area contributed by atoms with Crippen molar-refractivity contribution in [2.75, 3.05) is 32.1 Å². The maximum Gasteiger partial charge on any atom is 0.325 e. The van der Waals surface area contributed by atoms with Crippen molar-refractivity contribution >= 4 is 11.8 Å². The van der Waals surface area contributed by atoms with Crippen molar-refractivity contribution in [2.24, 2.45) is 5.92 Å². The van der Waals surface area contributed by atoms with Crippen LogP contribution in [0.2, 0.25) is 0 Å². The van der Waals surface area contributed by atoms with Crippen molar-refractivity contribution in [3.05, 3.63) is 46.9 Å². The highest BCUT2D eigenvalue weighted by Gasteiger charge is 2.46. The number of aliphatic carboxylic acids is 1. The third-order valence-corrected chi connectivity index (χ3v) is 7.99. The van der Waals surface area contributed by atoms with Crippen molar-refractivity contribution in [1.29, 1.82) is 0 Å². The average Bonchev–Trinajstić information content (AvgIpc) is 3.62. The Morgan fingerprint density at radius 3 is 2.92 bits per heavy atom. The van der Waals surface area contributed by atoms with Crippen LogP contribution in [0, 0.1) is 5.92 Å². The maximum atomic E-state index is 15.2. The molecule has 4 heterocycles. The fourth-order valence-corrected chi connectivity index (χ4v) is 5.85. The van der Waals surface area contributed by atoms with Crippen LogP contribution in [0.1, 0.15) is 79.4 Å². The second-order valence-corrected chi connectivity index (χ2v) is 10.6. The van der Waals surface area contributed by atoms with Crippen molar-refractivity contribution < 1.29 is 23.4 Å². The first-order valence-electron chi connectivity index (χ1n) is 13.5. The number of methoxy groups -OCH3 is 1. The molecule has 0 bridgehead atoms. The van der Waals surface area contributed by atoms with Crippen LogP contribution in [0.3, 0.4) is 0 Å². The van der Waals surface area contributed by atoms with E-state index < -0.39 is 23.9 Å². The summed E-state index contributed by atoms with van der Waals surface area (Å²) >= 11 is 0. The molecule has 200 valence electrons. The van der Waals surface area contributed by atoms with Crippen LogP contribution in [0.25, 0.3) is 0 Å². The Morgan fingerprint density at radius 2 is 2.16 bits per heavy atom. The van der Waals surface area contributed by atoms with Crippen LogP contribution in [0.15, 0.2) is 24.4 Å². The highest BCUT2D eigenvalue weighted by atomic mass is 19.3. The summed E-state index contributed by atoms with van der Waals surface area (Å²) in [7, 11) is 1.65. The SMILES string of the molecule is COc1cc(CCCCC(F)(F)[C@@H]2CCN(C(C(=O)O)c3cccnc3C3CC3)C2)nc2c1CCCN2. The molecule has 9 heteroatoms. The number of aromatic nitrogens is 2. The van der Waals surface area contributed by atoms with Gasteiger partial charge in [-0.1, -0.05) is 6.07 Å². The lowest BCUT2D eigenvalue weighted by atomic mass is 9.94. The van der Waals surface area contributed by atoms with Gasteiger partial charge in [-0.25, -0.2) is 13.8 Å². The Bertz CT molecular complexity index is 1110. The van der Waals surface area contributed by atoms with Gasteiger partial charge in [0.1, 0.15) is 17.6 Å². The number of ether oxygens (including phenoxy) is 1. The number of anilines is 1. The zero-order valence-corrected chi connectivity index (χ0v) is 21.4. The lowest BCUT2D eigenvalue weighted by Crippen LogP contribution is -2.36. The van der Waals surface area contributed by atoms with Gasteiger partial charge in [0, 0.05) is 66.1 Å². The second-order valence-electron chi connectivity index (χ2n) is 10.6. The first kappa shape index (κ1) is 25.8. The number of carbonyl (C=O) groups is 1. The molecule has 5 rings (SSSR count). The van der Waals surface area contributed by atoms with E-state index in [2.05, 4.69) is 15.3 Å². The Morgan fingerprint density at radius 1 is 1.32 bits per heavy atom. The molecule has 1 saturated carbocycles. The molecule has 2 aromatic heterocycles. The number of aryl methyl sites for hydroxylation is 1. The zero-order valence-electron chi connectivity index (χ0n) is 21.4. The minimum absolute atomic E-state index is 0.0816. The third kappa shape index (κ3) is 5.71. The number of pyridine rings is 2. The molecule has 0 spiro atoms. The molecule has 1 aliphatic carbocycles. The summed E-state index contributed by atoms with van der Waals surface area (Å²) in [5.41, 5.74) is 3.41. The van der Waals surface area contributed by atoms with Crippen molar-refractivity contribution in [2.45, 2.75) is 75.7 Å². The van der Waals surface area contributed by atoms with Crippen LogP contribution >= 0.6 is 0 Å². The standard InChI is InChI=1S/C28H36F2N4O3/c1-37-23-16-20(33-26-21(23)7-4-14-32-26)6-2-3-12-28(29,30)19-11-15-34(17-19)25(27(35)36)22-8-5-13-31-24(22)18-9-10-18/h5,8,13,16,18-19,25H,2-4,6-7,9-12,14-15,17H2,1H3,(H,32,33)(H,35,36)/t19-,25?/m1/s1. The molecule has 3 aliphatic rings. The number of carboxylic acids is 1. The number of unbranched alkanes of at least 4 members (excludes halogenated alkanes) is 1. The molecule has 1 unspecified atom stereocenters. The van der Waals surface area contributed by atoms with Gasteiger partial charge in [0.25, 0.3) is 5.92 Å². The van der Waals surface area contributed by atoms with Gasteiger partial charge >= 0.3 is 5.97 Å². The summed E-state index contributed by atoms with van der Waals surface area (Å²) < 4.78 is 36.0. The lowest BCUT2D eigenvalue weighted by molar-refractivity contribution is -0.143. The molecule has 7 nitrogen and oxygen atoms in total. The minimum Gasteiger partial charge on any atom is -0.496 e. The van der Waals surface area contributed by atoms with Crippen molar-refractivity contribution in [3.8, 4) is 5.75 Å². The van der Waals surface area contributed by atoms with E-state index in [0.717, 1.165) is 60.7 Å². The molecular formula is C28H36F2N4O3. The summed E-state index contributed by atoms with van der Waals surface area (Å²) in [5.74, 6) is -2.73. The molecule has 2 atom stereocenters. The maximum absolute atomic E-state index is 15.2. The number of nitrogens with one attached hydrogen (secondary N) is 1. The largest absolute Gasteiger partial charge is 0.496 e. The molecule has 2 aliphatic heterocycles. The number of halogens is 2. The van der Waals surface area contributed by atoms with Gasteiger partial charge in [0.2, 0.25) is 0 Å². The predicted octanol–water partition coefficient (Wildman–Crippen LogP) is 5.22. The number of rotatable bonds is 11. The van der Waals surface area contributed by atoms with Crippen LogP contribution in [-0.2, 0) is 17.6 Å². The molecule has 37 heavy (non-hydrogen) atoms. The summed E-state index contributed by atoms with van der Waals surface area (Å²) in [6, 6.07) is 4.54. The number of nitrogens with zero attached hydrogens (tertiary/aromatic N) is 3. The molecule has 1 saturated heterocycles. The van der Waals surface area contributed by atoms with E-state index in [1.54, 1.807) is 30.3 Å². The lowest BCUT2D eigenvalue weighted by Gasteiger charge is -2.28. The summed E-state index contributed by atoms with van der Waals surface area (Å²) in [5, 5.41) is 13.3. The fraction of sp³-hybridized carbons (Fsp3) is 0.607. The van der Waals surface area contributed by atoms with Gasteiger partial charge in [-0.15, -0.1) is 0 Å². The molecular weight excluding hydrogens is 478 g/mol. The highest BCUT2D eigenvalue weighted by Crippen LogP contribution is 2.44. The monoisotopic (exact) mass is 514 g/mol. The first-order valence-corrected chi connectivity index (χ1v) is 13.5. The van der Waals surface area contributed by atoms with Crippen LogP contribution in [0.4, 0.5) is 14.6 Å². The summed E-state index contributed by atoms with van der Waals surface area (Å²) in [6.45, 7) is 1.31. The van der Waals surface area contributed by atoms with Gasteiger partial charge in [-0.05, 0) is 64.0 Å². The van der Waals surface area contributed by atoms with Gasteiger partial charge < -0.3 is 15.2 Å². The van der Waals surface area contributed by atoms with Gasteiger partial charge in [0.05, 0.1) is 7.11 Å². The van der Waals surface area contributed by atoms with E-state index >= 15 is 8.78 Å². The van der Waals surface area contributed by atoms with Gasteiger partial charge in [-0.3, -0.25) is 14.7 Å². The predicted molar refractivity (Wildman–Crippen MR) is 136 cm³/mol. The average molecular weight is 515 g/mol. The molecule has 0 aromatic carbocycles. The van der Waals surface area contributed by atoms with E-state index in [9.17, 15) is 9.90 Å². The van der Waals surface area contributed by atoms with Crippen molar-refractivity contribution in [3.63, 3.8) is 0 Å². The van der Waals surface area contributed by atoms with E-state index in [0.29, 0.717) is 43.7 Å². The number of hydrogen-bond donors (Lipinski definition) is 2. The smallest absolute Gasteiger partial charge is 0.325 e. The number of likely N-dealkylation sites (tertiary alicyclic amines) is 1. The molecule has 0 amide bonds. The summed E-state index contributed by atoms with van der Waals surface area (Å²) in [6.07, 6.45) is 7.35. The fourth-order valence-electron chi connectivity index (χ4n) is 5.85. The highest BCUT2D eigenvalue weighted by molar-refractivity contribution is 5.76. The van der Waals surface area contributed by atoms with Crippen LogP contribution < -0.4 is 10.1 Å². The van der Waals surface area contributed by atoms with Gasteiger partial charge in [0.15, 0.2) is 0 Å². The zero-order chi connectivity index (χ0) is 26.0. The van der Waals surface area contributed by atoms with Crippen molar-refractivity contribution in [1.82, 2.24) is 14.9 Å². The minimum atomic E-state index is -2.84. The molecule has 0 radical (unpaired) electrons. The number of carboxylic acid groups (broad SMARTS) is 1. The molecule has 2 aromatic rings. The number of fused-ring (bicyclic) bond motifs is 1. The second kappa shape index (κ2) is 10.9. The quantitative estimate of drug-likeness (QED) is 0.398. The van der Waals surface area contributed by atoms with Gasteiger partial charge in [-0.2, -0.15) is 0 Å². The Labute approximate surface area is 216 Å². The normalized spacial score (nSPS) is 20.8. The van der Waals surface area contributed by atoms with E-state index in [1.807, 2.05) is 6.07 Å².